The Kier molecular flexibility index (Phi) is 8.20. The highest BCUT2D eigenvalue weighted by molar-refractivity contribution is 7.15. The summed E-state index contributed by atoms with van der Waals surface area (Å²) < 4.78 is 0. The molecule has 34 heavy (non-hydrogen) atoms. The van der Waals surface area contributed by atoms with Crippen molar-refractivity contribution < 1.29 is 14.4 Å². The molecule has 0 aliphatic carbocycles. The number of likely N-dealkylation sites (tertiary alicyclic amines) is 1. The summed E-state index contributed by atoms with van der Waals surface area (Å²) in [6.07, 6.45) is 1.51. The average Bonchev–Trinajstić information content (AvgIpc) is 3.36. The molecule has 2 fully saturated rings. The Hall–Kier alpha value is -2.89. The van der Waals surface area contributed by atoms with Crippen LogP contribution in [0.2, 0.25) is 0 Å². The third-order valence-corrected chi connectivity index (χ3v) is 7.15. The lowest BCUT2D eigenvalue weighted by Gasteiger charge is -2.33. The van der Waals surface area contributed by atoms with Gasteiger partial charge in [0.05, 0.1) is 5.92 Å². The van der Waals surface area contributed by atoms with E-state index < -0.39 is 5.91 Å². The van der Waals surface area contributed by atoms with Crippen LogP contribution in [0, 0.1) is 5.92 Å². The number of benzene rings is 1. The van der Waals surface area contributed by atoms with E-state index in [-0.39, 0.29) is 27.7 Å². The van der Waals surface area contributed by atoms with Crippen molar-refractivity contribution in [3.63, 3.8) is 0 Å². The van der Waals surface area contributed by atoms with E-state index in [9.17, 15) is 14.4 Å². The van der Waals surface area contributed by atoms with Crippen molar-refractivity contribution in [2.45, 2.75) is 12.8 Å². The smallest absolute Gasteiger partial charge is 0.286 e. The van der Waals surface area contributed by atoms with E-state index in [1.807, 2.05) is 18.2 Å². The number of amides is 3. The maximum atomic E-state index is 13.0. The highest BCUT2D eigenvalue weighted by atomic mass is 32.1. The number of hydrogen-bond donors (Lipinski definition) is 2. The van der Waals surface area contributed by atoms with Crippen molar-refractivity contribution >= 4 is 34.7 Å². The predicted octanol–water partition coefficient (Wildman–Crippen LogP) is 1.01. The van der Waals surface area contributed by atoms with Gasteiger partial charge in [0.1, 0.15) is 0 Å². The minimum Gasteiger partial charge on any atom is -0.355 e. The molecule has 0 spiro atoms. The maximum Gasteiger partial charge on any atom is 0.286 e. The maximum absolute atomic E-state index is 13.0. The van der Waals surface area contributed by atoms with Gasteiger partial charge in [-0.15, -0.1) is 10.2 Å². The average molecular weight is 486 g/mol. The lowest BCUT2D eigenvalue weighted by Crippen LogP contribution is -2.49. The van der Waals surface area contributed by atoms with Crippen molar-refractivity contribution in [2.24, 2.45) is 5.92 Å². The Bertz CT molecular complexity index is 991. The number of para-hydroxylation sites is 1. The molecule has 2 aliphatic heterocycles. The summed E-state index contributed by atoms with van der Waals surface area (Å²) in [7, 11) is 2.12. The highest BCUT2D eigenvalue weighted by Gasteiger charge is 2.31. The molecule has 10 nitrogen and oxygen atoms in total. The Balaban J connectivity index is 1.26. The van der Waals surface area contributed by atoms with E-state index in [1.165, 1.54) is 0 Å². The summed E-state index contributed by atoms with van der Waals surface area (Å²) >= 11 is 0.966. The minimum atomic E-state index is -0.404. The molecule has 1 aromatic heterocycles. The number of nitrogens with one attached hydrogen (secondary N) is 2. The van der Waals surface area contributed by atoms with Gasteiger partial charge >= 0.3 is 0 Å². The molecule has 0 saturated carbocycles. The number of anilines is 1. The molecule has 182 valence electrons. The summed E-state index contributed by atoms with van der Waals surface area (Å²) in [5.41, 5.74) is 0.646. The zero-order chi connectivity index (χ0) is 23.9. The number of aromatic nitrogens is 2. The molecule has 2 saturated heterocycles. The summed E-state index contributed by atoms with van der Waals surface area (Å²) in [4.78, 5) is 44.4. The van der Waals surface area contributed by atoms with Crippen molar-refractivity contribution in [2.75, 3.05) is 64.7 Å². The Labute approximate surface area is 203 Å². The zero-order valence-corrected chi connectivity index (χ0v) is 20.2. The van der Waals surface area contributed by atoms with Gasteiger partial charge in [0, 0.05) is 58.0 Å². The molecule has 2 aliphatic rings. The largest absolute Gasteiger partial charge is 0.355 e. The number of hydrogen-bond acceptors (Lipinski definition) is 8. The van der Waals surface area contributed by atoms with Gasteiger partial charge in [0.25, 0.3) is 11.8 Å². The normalized spacial score (nSPS) is 19.6. The summed E-state index contributed by atoms with van der Waals surface area (Å²) in [6, 6.07) is 9.04. The summed E-state index contributed by atoms with van der Waals surface area (Å²) in [5, 5.41) is 13.9. The SMILES string of the molecule is CN1CCN(CCNC(=O)C2CCCN(C(=O)c3nnc(C(=O)Nc4ccccc4)s3)C2)CC1. The standard InChI is InChI=1S/C23H31N7O3S/c1-28-12-14-29(15-13-28)11-9-24-19(31)17-6-5-10-30(16-17)23(33)22-27-26-21(34-22)20(32)25-18-7-3-2-4-8-18/h2-4,7-8,17H,5-6,9-16H2,1H3,(H,24,31)(H,25,32). The molecule has 0 radical (unpaired) electrons. The monoisotopic (exact) mass is 485 g/mol. The van der Waals surface area contributed by atoms with Crippen molar-refractivity contribution in [3.8, 4) is 0 Å². The zero-order valence-electron chi connectivity index (χ0n) is 19.4. The van der Waals surface area contributed by atoms with Crippen molar-refractivity contribution in [3.05, 3.63) is 40.3 Å². The number of piperazine rings is 1. The molecular formula is C23H31N7O3S. The molecule has 2 N–H and O–H groups in total. The molecule has 2 aromatic rings. The fraction of sp³-hybridized carbons (Fsp3) is 0.522. The molecule has 11 heteroatoms. The topological polar surface area (TPSA) is 111 Å². The van der Waals surface area contributed by atoms with Gasteiger partial charge in [0.15, 0.2) is 0 Å². The van der Waals surface area contributed by atoms with Crippen LogP contribution in [-0.2, 0) is 4.79 Å². The van der Waals surface area contributed by atoms with Crippen LogP contribution in [-0.4, -0.2) is 102 Å². The molecule has 3 amide bonds. The van der Waals surface area contributed by atoms with Crippen LogP contribution in [0.5, 0.6) is 0 Å². The van der Waals surface area contributed by atoms with Gasteiger partial charge in [0.2, 0.25) is 15.9 Å². The second kappa shape index (κ2) is 11.5. The van der Waals surface area contributed by atoms with Crippen LogP contribution < -0.4 is 10.6 Å². The number of nitrogens with zero attached hydrogens (tertiary/aromatic N) is 5. The van der Waals surface area contributed by atoms with Gasteiger partial charge in [-0.05, 0) is 32.0 Å². The minimum absolute atomic E-state index is 0.00757. The number of carbonyl (C=O) groups excluding carboxylic acids is 3. The number of piperidine rings is 1. The van der Waals surface area contributed by atoms with E-state index in [1.54, 1.807) is 17.0 Å². The quantitative estimate of drug-likeness (QED) is 0.602. The molecule has 1 atom stereocenters. The highest BCUT2D eigenvalue weighted by Crippen LogP contribution is 2.21. The van der Waals surface area contributed by atoms with Crippen molar-refractivity contribution in [1.82, 2.24) is 30.2 Å². The lowest BCUT2D eigenvalue weighted by molar-refractivity contribution is -0.126. The van der Waals surface area contributed by atoms with E-state index in [0.29, 0.717) is 25.3 Å². The molecule has 1 aromatic carbocycles. The van der Waals surface area contributed by atoms with Crippen LogP contribution in [0.1, 0.15) is 32.4 Å². The molecule has 0 bridgehead atoms. The van der Waals surface area contributed by atoms with Gasteiger partial charge < -0.3 is 20.4 Å². The van der Waals surface area contributed by atoms with Gasteiger partial charge in [-0.3, -0.25) is 19.3 Å². The number of likely N-dealkylation sites (N-methyl/N-ethyl adjacent to an activating group) is 1. The van der Waals surface area contributed by atoms with Crippen molar-refractivity contribution in [1.29, 1.82) is 0 Å². The Morgan fingerprint density at radius 3 is 2.53 bits per heavy atom. The molecule has 1 unspecified atom stereocenters. The molecule has 3 heterocycles. The number of rotatable bonds is 7. The first kappa shape index (κ1) is 24.2. The van der Waals surface area contributed by atoms with Gasteiger partial charge in [-0.25, -0.2) is 0 Å². The fourth-order valence-electron chi connectivity index (χ4n) is 4.17. The predicted molar refractivity (Wildman–Crippen MR) is 130 cm³/mol. The first-order valence-electron chi connectivity index (χ1n) is 11.7. The fourth-order valence-corrected chi connectivity index (χ4v) is 4.88. The summed E-state index contributed by atoms with van der Waals surface area (Å²) in [6.45, 7) is 6.51. The van der Waals surface area contributed by atoms with Gasteiger partial charge in [-0.2, -0.15) is 0 Å². The lowest BCUT2D eigenvalue weighted by atomic mass is 9.97. The first-order chi connectivity index (χ1) is 16.5. The van der Waals surface area contributed by atoms with Crippen LogP contribution in [0.4, 0.5) is 5.69 Å². The van der Waals surface area contributed by atoms with E-state index in [4.69, 9.17) is 0 Å². The third kappa shape index (κ3) is 6.37. The Morgan fingerprint density at radius 1 is 1.03 bits per heavy atom. The van der Waals surface area contributed by atoms with E-state index >= 15 is 0 Å². The molecule has 4 rings (SSSR count). The van der Waals surface area contributed by atoms with Crippen LogP contribution in [0.25, 0.3) is 0 Å². The van der Waals surface area contributed by atoms with Crippen LogP contribution >= 0.6 is 11.3 Å². The summed E-state index contributed by atoms with van der Waals surface area (Å²) in [5.74, 6) is -0.934. The second-order valence-corrected chi connectivity index (χ2v) is 9.74. The first-order valence-corrected chi connectivity index (χ1v) is 12.5. The van der Waals surface area contributed by atoms with Crippen LogP contribution in [0.3, 0.4) is 0 Å². The third-order valence-electron chi connectivity index (χ3n) is 6.24. The number of carbonyl (C=O) groups is 3. The van der Waals surface area contributed by atoms with E-state index in [2.05, 4.69) is 37.7 Å². The van der Waals surface area contributed by atoms with Crippen LogP contribution in [0.15, 0.2) is 30.3 Å². The Morgan fingerprint density at radius 2 is 1.76 bits per heavy atom. The second-order valence-electron chi connectivity index (χ2n) is 8.76. The molecular weight excluding hydrogens is 454 g/mol. The van der Waals surface area contributed by atoms with Gasteiger partial charge in [-0.1, -0.05) is 29.5 Å². The van der Waals surface area contributed by atoms with E-state index in [0.717, 1.165) is 56.9 Å².